The zero-order valence-corrected chi connectivity index (χ0v) is 14.3. The van der Waals surface area contributed by atoms with E-state index in [4.69, 9.17) is 0 Å². The summed E-state index contributed by atoms with van der Waals surface area (Å²) in [5.74, 6) is -0.00407. The molecule has 1 amide bonds. The van der Waals surface area contributed by atoms with Crippen LogP contribution in [0.4, 0.5) is 5.69 Å². The standard InChI is InChI=1S/C19H23N3O2/c1-4-17(15-6-8-16(23)9-7-15)21-22-19(24)12-20-18-10-5-13(2)11-14(18)3/h5-11,20,23H,4,12H2,1-3H3,(H,22,24). The van der Waals surface area contributed by atoms with E-state index in [0.29, 0.717) is 6.42 Å². The Bertz CT molecular complexity index is 737. The number of phenolic OH excluding ortho intramolecular Hbond substituents is 1. The van der Waals surface area contributed by atoms with Crippen LogP contribution >= 0.6 is 0 Å². The van der Waals surface area contributed by atoms with Crippen molar-refractivity contribution < 1.29 is 9.90 Å². The number of hydrogen-bond donors (Lipinski definition) is 3. The minimum Gasteiger partial charge on any atom is -0.508 e. The second-order valence-electron chi connectivity index (χ2n) is 5.67. The molecule has 2 aromatic carbocycles. The smallest absolute Gasteiger partial charge is 0.259 e. The van der Waals surface area contributed by atoms with E-state index in [9.17, 15) is 9.90 Å². The van der Waals surface area contributed by atoms with Crippen molar-refractivity contribution in [2.24, 2.45) is 5.10 Å². The van der Waals surface area contributed by atoms with E-state index >= 15 is 0 Å². The van der Waals surface area contributed by atoms with E-state index in [0.717, 1.165) is 22.5 Å². The van der Waals surface area contributed by atoms with Crippen molar-refractivity contribution in [3.05, 3.63) is 59.2 Å². The largest absolute Gasteiger partial charge is 0.508 e. The number of nitrogens with one attached hydrogen (secondary N) is 2. The van der Waals surface area contributed by atoms with E-state index < -0.39 is 0 Å². The maximum Gasteiger partial charge on any atom is 0.259 e. The number of benzene rings is 2. The minimum atomic E-state index is -0.209. The van der Waals surface area contributed by atoms with Gasteiger partial charge in [0.1, 0.15) is 5.75 Å². The number of aryl methyl sites for hydroxylation is 2. The van der Waals surface area contributed by atoms with Crippen LogP contribution in [0.1, 0.15) is 30.0 Å². The third kappa shape index (κ3) is 4.84. The second kappa shape index (κ2) is 8.15. The molecule has 0 aliphatic heterocycles. The molecule has 0 saturated heterocycles. The lowest BCUT2D eigenvalue weighted by atomic mass is 10.1. The number of aromatic hydroxyl groups is 1. The molecule has 5 heteroatoms. The molecule has 2 rings (SSSR count). The lowest BCUT2D eigenvalue weighted by Gasteiger charge is -2.10. The number of anilines is 1. The monoisotopic (exact) mass is 325 g/mol. The van der Waals surface area contributed by atoms with Crippen molar-refractivity contribution >= 4 is 17.3 Å². The summed E-state index contributed by atoms with van der Waals surface area (Å²) < 4.78 is 0. The van der Waals surface area contributed by atoms with Crippen LogP contribution in [0.25, 0.3) is 0 Å². The van der Waals surface area contributed by atoms with E-state index in [2.05, 4.69) is 21.9 Å². The average Bonchev–Trinajstić information content (AvgIpc) is 2.56. The van der Waals surface area contributed by atoms with Crippen molar-refractivity contribution in [2.45, 2.75) is 27.2 Å². The van der Waals surface area contributed by atoms with E-state index in [1.807, 2.05) is 32.9 Å². The normalized spacial score (nSPS) is 11.2. The van der Waals surface area contributed by atoms with Crippen LogP contribution in [0.5, 0.6) is 5.75 Å². The molecular formula is C19H23N3O2. The fourth-order valence-corrected chi connectivity index (χ4v) is 2.36. The lowest BCUT2D eigenvalue weighted by Crippen LogP contribution is -2.27. The van der Waals surface area contributed by atoms with Crippen molar-refractivity contribution in [3.63, 3.8) is 0 Å². The van der Waals surface area contributed by atoms with Crippen LogP contribution in [-0.2, 0) is 4.79 Å². The Hall–Kier alpha value is -2.82. The van der Waals surface area contributed by atoms with Crippen molar-refractivity contribution in [1.29, 1.82) is 0 Å². The first kappa shape index (κ1) is 17.5. The number of amides is 1. The third-order valence-electron chi connectivity index (χ3n) is 3.67. The lowest BCUT2D eigenvalue weighted by molar-refractivity contribution is -0.119. The Morgan fingerprint density at radius 3 is 2.46 bits per heavy atom. The molecule has 0 aliphatic rings. The molecule has 0 fully saturated rings. The van der Waals surface area contributed by atoms with Gasteiger partial charge in [0, 0.05) is 5.69 Å². The molecule has 2 aromatic rings. The molecule has 0 saturated carbocycles. The van der Waals surface area contributed by atoms with Crippen LogP contribution in [0.15, 0.2) is 47.6 Å². The van der Waals surface area contributed by atoms with E-state index in [-0.39, 0.29) is 18.2 Å². The summed E-state index contributed by atoms with van der Waals surface area (Å²) in [6, 6.07) is 12.8. The van der Waals surface area contributed by atoms with Crippen LogP contribution in [0.2, 0.25) is 0 Å². The average molecular weight is 325 g/mol. The predicted molar refractivity (Wildman–Crippen MR) is 97.5 cm³/mol. The number of hydrazone groups is 1. The van der Waals surface area contributed by atoms with Gasteiger partial charge in [-0.15, -0.1) is 0 Å². The predicted octanol–water partition coefficient (Wildman–Crippen LogP) is 3.35. The molecule has 24 heavy (non-hydrogen) atoms. The Morgan fingerprint density at radius 1 is 1.12 bits per heavy atom. The second-order valence-corrected chi connectivity index (χ2v) is 5.67. The molecule has 5 nitrogen and oxygen atoms in total. The van der Waals surface area contributed by atoms with Gasteiger partial charge in [-0.3, -0.25) is 4.79 Å². The summed E-state index contributed by atoms with van der Waals surface area (Å²) in [6.07, 6.45) is 0.676. The fraction of sp³-hybridized carbons (Fsp3) is 0.263. The highest BCUT2D eigenvalue weighted by Gasteiger charge is 2.05. The summed E-state index contributed by atoms with van der Waals surface area (Å²) in [4.78, 5) is 12.0. The van der Waals surface area contributed by atoms with Gasteiger partial charge in [0.05, 0.1) is 12.3 Å². The zero-order chi connectivity index (χ0) is 17.5. The van der Waals surface area contributed by atoms with Crippen LogP contribution < -0.4 is 10.7 Å². The van der Waals surface area contributed by atoms with Gasteiger partial charge in [0.25, 0.3) is 5.91 Å². The number of nitrogens with zero attached hydrogens (tertiary/aromatic N) is 1. The topological polar surface area (TPSA) is 73.7 Å². The highest BCUT2D eigenvalue weighted by Crippen LogP contribution is 2.15. The summed E-state index contributed by atoms with van der Waals surface area (Å²) in [6.45, 7) is 6.16. The molecule has 0 radical (unpaired) electrons. The van der Waals surface area contributed by atoms with Gasteiger partial charge in [0.15, 0.2) is 0 Å². The highest BCUT2D eigenvalue weighted by atomic mass is 16.3. The van der Waals surface area contributed by atoms with Crippen molar-refractivity contribution in [3.8, 4) is 5.75 Å². The van der Waals surface area contributed by atoms with E-state index in [1.54, 1.807) is 24.3 Å². The summed E-state index contributed by atoms with van der Waals surface area (Å²) in [5.41, 5.74) is 7.43. The van der Waals surface area contributed by atoms with E-state index in [1.165, 1.54) is 5.56 Å². The molecular weight excluding hydrogens is 302 g/mol. The third-order valence-corrected chi connectivity index (χ3v) is 3.67. The zero-order valence-electron chi connectivity index (χ0n) is 14.3. The Balaban J connectivity index is 1.94. The number of hydrogen-bond acceptors (Lipinski definition) is 4. The SMILES string of the molecule is CCC(=NNC(=O)CNc1ccc(C)cc1C)c1ccc(O)cc1. The molecule has 0 bridgehead atoms. The molecule has 0 aliphatic carbocycles. The fourth-order valence-electron chi connectivity index (χ4n) is 2.36. The number of carbonyl (C=O) groups excluding carboxylic acids is 1. The first-order valence-electron chi connectivity index (χ1n) is 7.95. The summed E-state index contributed by atoms with van der Waals surface area (Å²) >= 11 is 0. The quantitative estimate of drug-likeness (QED) is 0.563. The van der Waals surface area contributed by atoms with Crippen molar-refractivity contribution in [2.75, 3.05) is 11.9 Å². The number of phenols is 1. The first-order chi connectivity index (χ1) is 11.5. The van der Waals surface area contributed by atoms with Gasteiger partial charge in [-0.2, -0.15) is 5.10 Å². The van der Waals surface area contributed by atoms with Crippen LogP contribution in [-0.4, -0.2) is 23.3 Å². The van der Waals surface area contributed by atoms with Crippen LogP contribution in [0.3, 0.4) is 0 Å². The maximum absolute atomic E-state index is 12.0. The molecule has 3 N–H and O–H groups in total. The van der Waals surface area contributed by atoms with Gasteiger partial charge in [-0.05, 0) is 61.7 Å². The van der Waals surface area contributed by atoms with Gasteiger partial charge in [-0.25, -0.2) is 5.43 Å². The first-order valence-corrected chi connectivity index (χ1v) is 7.95. The summed E-state index contributed by atoms with van der Waals surface area (Å²) in [5, 5.41) is 16.6. The molecule has 0 spiro atoms. The Morgan fingerprint density at radius 2 is 1.83 bits per heavy atom. The molecule has 0 unspecified atom stereocenters. The minimum absolute atomic E-state index is 0.153. The molecule has 0 atom stereocenters. The number of carbonyl (C=O) groups is 1. The van der Waals surface area contributed by atoms with Gasteiger partial charge in [-0.1, -0.05) is 24.6 Å². The van der Waals surface area contributed by atoms with Gasteiger partial charge in [0.2, 0.25) is 0 Å². The molecule has 0 aromatic heterocycles. The molecule has 0 heterocycles. The van der Waals surface area contributed by atoms with Gasteiger partial charge < -0.3 is 10.4 Å². The Kier molecular flexibility index (Phi) is 5.95. The maximum atomic E-state index is 12.0. The highest BCUT2D eigenvalue weighted by molar-refractivity contribution is 6.01. The Labute approximate surface area is 142 Å². The number of rotatable bonds is 6. The van der Waals surface area contributed by atoms with Gasteiger partial charge >= 0.3 is 0 Å². The van der Waals surface area contributed by atoms with Crippen LogP contribution in [0, 0.1) is 13.8 Å². The molecule has 126 valence electrons. The summed E-state index contributed by atoms with van der Waals surface area (Å²) in [7, 11) is 0. The van der Waals surface area contributed by atoms with Crippen molar-refractivity contribution in [1.82, 2.24) is 5.43 Å².